The second-order valence-corrected chi connectivity index (χ2v) is 4.15. The van der Waals surface area contributed by atoms with Gasteiger partial charge in [-0.1, -0.05) is 12.1 Å². The molecular formula is C12H14F2N2O. The highest BCUT2D eigenvalue weighted by Gasteiger charge is 2.20. The molecule has 0 aliphatic carbocycles. The van der Waals surface area contributed by atoms with Crippen molar-refractivity contribution in [3.05, 3.63) is 35.4 Å². The summed E-state index contributed by atoms with van der Waals surface area (Å²) in [5, 5.41) is 5.81. The Balaban J connectivity index is 1.82. The first kappa shape index (κ1) is 12.0. The number of halogens is 2. The summed E-state index contributed by atoms with van der Waals surface area (Å²) in [4.78, 5) is 10.9. The maximum absolute atomic E-state index is 13.3. The zero-order valence-corrected chi connectivity index (χ0v) is 9.30. The highest BCUT2D eigenvalue weighted by Crippen LogP contribution is 2.11. The number of rotatable bonds is 4. The minimum absolute atomic E-state index is 0.0498. The predicted octanol–water partition coefficient (Wildman–Crippen LogP) is 1.33. The average Bonchev–Trinajstić information content (AvgIpc) is 2.70. The van der Waals surface area contributed by atoms with Gasteiger partial charge >= 0.3 is 0 Å². The first-order valence-corrected chi connectivity index (χ1v) is 5.60. The normalized spacial score (nSPS) is 19.4. The Morgan fingerprint density at radius 2 is 2.24 bits per heavy atom. The molecule has 5 heteroatoms. The summed E-state index contributed by atoms with van der Waals surface area (Å²) in [6, 6.07) is 4.21. The van der Waals surface area contributed by atoms with Crippen LogP contribution in [0.3, 0.4) is 0 Å². The van der Waals surface area contributed by atoms with E-state index in [0.717, 1.165) is 12.5 Å². The molecule has 1 atom stereocenters. The molecule has 2 rings (SSSR count). The summed E-state index contributed by atoms with van der Waals surface area (Å²) < 4.78 is 26.2. The molecule has 0 aromatic heterocycles. The fourth-order valence-corrected chi connectivity index (χ4v) is 1.90. The van der Waals surface area contributed by atoms with Crippen LogP contribution in [-0.2, 0) is 11.3 Å². The van der Waals surface area contributed by atoms with E-state index in [2.05, 4.69) is 10.6 Å². The van der Waals surface area contributed by atoms with Crippen LogP contribution < -0.4 is 10.6 Å². The molecule has 3 nitrogen and oxygen atoms in total. The minimum atomic E-state index is -0.835. The van der Waals surface area contributed by atoms with Crippen LogP contribution in [0.25, 0.3) is 0 Å². The molecule has 17 heavy (non-hydrogen) atoms. The van der Waals surface area contributed by atoms with Gasteiger partial charge in [0.15, 0.2) is 11.6 Å². The molecule has 1 saturated heterocycles. The second-order valence-electron chi connectivity index (χ2n) is 4.15. The SMILES string of the molecule is O=C1CCC(CNCc2cccc(F)c2F)N1. The van der Waals surface area contributed by atoms with E-state index >= 15 is 0 Å². The van der Waals surface area contributed by atoms with Gasteiger partial charge in [-0.25, -0.2) is 8.78 Å². The smallest absolute Gasteiger partial charge is 0.220 e. The summed E-state index contributed by atoms with van der Waals surface area (Å²) in [7, 11) is 0. The molecule has 1 aliphatic rings. The van der Waals surface area contributed by atoms with Crippen molar-refractivity contribution in [2.24, 2.45) is 0 Å². The van der Waals surface area contributed by atoms with E-state index in [1.807, 2.05) is 0 Å². The lowest BCUT2D eigenvalue weighted by Gasteiger charge is -2.11. The number of benzene rings is 1. The van der Waals surface area contributed by atoms with Gasteiger partial charge in [0.1, 0.15) is 0 Å². The molecule has 1 aliphatic heterocycles. The number of nitrogens with one attached hydrogen (secondary N) is 2. The zero-order valence-electron chi connectivity index (χ0n) is 9.30. The molecule has 1 unspecified atom stereocenters. The van der Waals surface area contributed by atoms with Gasteiger partial charge in [0, 0.05) is 31.1 Å². The van der Waals surface area contributed by atoms with E-state index in [4.69, 9.17) is 0 Å². The minimum Gasteiger partial charge on any atom is -0.352 e. The summed E-state index contributed by atoms with van der Waals surface area (Å²) in [5.74, 6) is -1.59. The van der Waals surface area contributed by atoms with Crippen LogP contribution in [-0.4, -0.2) is 18.5 Å². The van der Waals surface area contributed by atoms with E-state index in [1.165, 1.54) is 6.07 Å². The van der Waals surface area contributed by atoms with E-state index < -0.39 is 11.6 Å². The molecule has 1 amide bonds. The van der Waals surface area contributed by atoms with Crippen molar-refractivity contribution in [1.82, 2.24) is 10.6 Å². The molecule has 1 aromatic rings. The highest BCUT2D eigenvalue weighted by molar-refractivity contribution is 5.78. The highest BCUT2D eigenvalue weighted by atomic mass is 19.2. The number of carbonyl (C=O) groups excluding carboxylic acids is 1. The maximum atomic E-state index is 13.3. The number of carbonyl (C=O) groups is 1. The van der Waals surface area contributed by atoms with E-state index in [9.17, 15) is 13.6 Å². The van der Waals surface area contributed by atoms with Crippen molar-refractivity contribution < 1.29 is 13.6 Å². The van der Waals surface area contributed by atoms with E-state index in [-0.39, 0.29) is 18.5 Å². The molecule has 1 aromatic carbocycles. The largest absolute Gasteiger partial charge is 0.352 e. The topological polar surface area (TPSA) is 41.1 Å². The van der Waals surface area contributed by atoms with Gasteiger partial charge in [0.2, 0.25) is 5.91 Å². The van der Waals surface area contributed by atoms with Gasteiger partial charge in [-0.2, -0.15) is 0 Å². The van der Waals surface area contributed by atoms with Crippen LogP contribution in [0.1, 0.15) is 18.4 Å². The monoisotopic (exact) mass is 240 g/mol. The van der Waals surface area contributed by atoms with Gasteiger partial charge < -0.3 is 10.6 Å². The fraction of sp³-hybridized carbons (Fsp3) is 0.417. The molecule has 1 fully saturated rings. The number of amides is 1. The standard InChI is InChI=1S/C12H14F2N2O/c13-10-3-1-2-8(12(10)14)6-15-7-9-4-5-11(17)16-9/h1-3,9,15H,4-7H2,(H,16,17). The summed E-state index contributed by atoms with van der Waals surface area (Å²) in [6.45, 7) is 0.831. The van der Waals surface area contributed by atoms with Crippen molar-refractivity contribution in [3.8, 4) is 0 Å². The van der Waals surface area contributed by atoms with Gasteiger partial charge in [-0.05, 0) is 12.5 Å². The summed E-state index contributed by atoms with van der Waals surface area (Å²) in [6.07, 6.45) is 1.33. The molecule has 0 bridgehead atoms. The third-order valence-corrected chi connectivity index (χ3v) is 2.82. The van der Waals surface area contributed by atoms with Crippen LogP contribution in [0.2, 0.25) is 0 Å². The molecule has 0 radical (unpaired) electrons. The zero-order chi connectivity index (χ0) is 12.3. The van der Waals surface area contributed by atoms with Crippen LogP contribution >= 0.6 is 0 Å². The first-order chi connectivity index (χ1) is 8.16. The fourth-order valence-electron chi connectivity index (χ4n) is 1.90. The summed E-state index contributed by atoms with van der Waals surface area (Å²) >= 11 is 0. The third kappa shape index (κ3) is 3.00. The molecule has 1 heterocycles. The third-order valence-electron chi connectivity index (χ3n) is 2.82. The quantitative estimate of drug-likeness (QED) is 0.833. The van der Waals surface area contributed by atoms with E-state index in [0.29, 0.717) is 18.5 Å². The molecule has 0 spiro atoms. The van der Waals surface area contributed by atoms with E-state index in [1.54, 1.807) is 6.07 Å². The van der Waals surface area contributed by atoms with Crippen LogP contribution in [0, 0.1) is 11.6 Å². The Kier molecular flexibility index (Phi) is 3.68. The Morgan fingerprint density at radius 3 is 2.94 bits per heavy atom. The van der Waals surface area contributed by atoms with Crippen LogP contribution in [0.5, 0.6) is 0 Å². The van der Waals surface area contributed by atoms with Crippen LogP contribution in [0.4, 0.5) is 8.78 Å². The van der Waals surface area contributed by atoms with Gasteiger partial charge in [-0.3, -0.25) is 4.79 Å². The Hall–Kier alpha value is -1.49. The molecule has 92 valence electrons. The van der Waals surface area contributed by atoms with Crippen molar-refractivity contribution in [1.29, 1.82) is 0 Å². The summed E-state index contributed by atoms with van der Waals surface area (Å²) in [5.41, 5.74) is 0.300. The van der Waals surface area contributed by atoms with Crippen molar-refractivity contribution in [2.75, 3.05) is 6.54 Å². The average molecular weight is 240 g/mol. The van der Waals surface area contributed by atoms with Crippen LogP contribution in [0.15, 0.2) is 18.2 Å². The van der Waals surface area contributed by atoms with Gasteiger partial charge in [0.05, 0.1) is 0 Å². The van der Waals surface area contributed by atoms with Crippen molar-refractivity contribution in [3.63, 3.8) is 0 Å². The lowest BCUT2D eigenvalue weighted by atomic mass is 10.2. The predicted molar refractivity (Wildman–Crippen MR) is 59.2 cm³/mol. The molecule has 2 N–H and O–H groups in total. The Labute approximate surface area is 98.2 Å². The Bertz CT molecular complexity index is 423. The molecule has 0 saturated carbocycles. The lowest BCUT2D eigenvalue weighted by molar-refractivity contribution is -0.119. The van der Waals surface area contributed by atoms with Crippen molar-refractivity contribution >= 4 is 5.91 Å². The second kappa shape index (κ2) is 5.23. The molecular weight excluding hydrogens is 226 g/mol. The van der Waals surface area contributed by atoms with Gasteiger partial charge in [-0.15, -0.1) is 0 Å². The Morgan fingerprint density at radius 1 is 1.41 bits per heavy atom. The van der Waals surface area contributed by atoms with Crippen molar-refractivity contribution in [2.45, 2.75) is 25.4 Å². The number of hydrogen-bond donors (Lipinski definition) is 2. The lowest BCUT2D eigenvalue weighted by Crippen LogP contribution is -2.35. The maximum Gasteiger partial charge on any atom is 0.220 e. The van der Waals surface area contributed by atoms with Gasteiger partial charge in [0.25, 0.3) is 0 Å². The first-order valence-electron chi connectivity index (χ1n) is 5.60. The number of hydrogen-bond acceptors (Lipinski definition) is 2.